The van der Waals surface area contributed by atoms with Crippen LogP contribution in [0, 0.1) is 0 Å². The van der Waals surface area contributed by atoms with E-state index in [1.165, 1.54) is 0 Å². The molecule has 0 aliphatic heterocycles. The number of aromatic nitrogens is 2. The lowest BCUT2D eigenvalue weighted by Gasteiger charge is -2.19. The Morgan fingerprint density at radius 3 is 2.59 bits per heavy atom. The Labute approximate surface area is 97.5 Å². The van der Waals surface area contributed by atoms with Gasteiger partial charge in [-0.05, 0) is 20.8 Å². The molecular formula is C10H15F2N3O2. The van der Waals surface area contributed by atoms with Gasteiger partial charge in [-0.25, -0.2) is 13.5 Å². The molecule has 0 aromatic carbocycles. The Bertz CT molecular complexity index is 410. The summed E-state index contributed by atoms with van der Waals surface area (Å²) in [5.41, 5.74) is 4.36. The number of carbonyl (C=O) groups excluding carboxylic acids is 1. The molecular weight excluding hydrogens is 232 g/mol. The average Bonchev–Trinajstić information content (AvgIpc) is 2.44. The molecule has 5 nitrogen and oxygen atoms in total. The van der Waals surface area contributed by atoms with Crippen molar-refractivity contribution < 1.29 is 18.3 Å². The molecule has 96 valence electrons. The van der Waals surface area contributed by atoms with E-state index in [1.54, 1.807) is 20.8 Å². The SMILES string of the molecule is CC(C)(C)OC(=O)Cn1nc(C(F)F)cc1N. The van der Waals surface area contributed by atoms with Crippen molar-refractivity contribution in [3.8, 4) is 0 Å². The standard InChI is InChI=1S/C10H15F2N3O2/c1-10(2,3)17-8(16)5-15-7(13)4-6(14-15)9(11)12/h4,9H,5,13H2,1-3H3. The van der Waals surface area contributed by atoms with Crippen LogP contribution in [0.3, 0.4) is 0 Å². The van der Waals surface area contributed by atoms with Gasteiger partial charge in [-0.3, -0.25) is 4.79 Å². The fourth-order valence-electron chi connectivity index (χ4n) is 1.18. The van der Waals surface area contributed by atoms with Crippen LogP contribution in [0.4, 0.5) is 14.6 Å². The Kier molecular flexibility index (Phi) is 3.69. The molecule has 7 heteroatoms. The summed E-state index contributed by atoms with van der Waals surface area (Å²) in [6.45, 7) is 4.85. The minimum Gasteiger partial charge on any atom is -0.459 e. The van der Waals surface area contributed by atoms with Gasteiger partial charge in [0, 0.05) is 6.07 Å². The molecule has 1 heterocycles. The van der Waals surface area contributed by atoms with Crippen molar-refractivity contribution in [2.24, 2.45) is 0 Å². The number of hydrogen-bond donors (Lipinski definition) is 1. The van der Waals surface area contributed by atoms with Crippen LogP contribution in [-0.2, 0) is 16.1 Å². The number of anilines is 1. The van der Waals surface area contributed by atoms with Crippen molar-refractivity contribution in [2.75, 3.05) is 5.73 Å². The molecule has 1 aromatic heterocycles. The van der Waals surface area contributed by atoms with Crippen molar-refractivity contribution in [1.82, 2.24) is 9.78 Å². The number of nitrogen functional groups attached to an aromatic ring is 1. The van der Waals surface area contributed by atoms with E-state index < -0.39 is 23.7 Å². The Hall–Kier alpha value is -1.66. The van der Waals surface area contributed by atoms with Crippen molar-refractivity contribution in [3.63, 3.8) is 0 Å². The molecule has 0 spiro atoms. The molecule has 0 unspecified atom stereocenters. The van der Waals surface area contributed by atoms with Gasteiger partial charge < -0.3 is 10.5 Å². The van der Waals surface area contributed by atoms with Crippen LogP contribution in [0.25, 0.3) is 0 Å². The molecule has 0 amide bonds. The summed E-state index contributed by atoms with van der Waals surface area (Å²) >= 11 is 0. The summed E-state index contributed by atoms with van der Waals surface area (Å²) in [5, 5.41) is 3.52. The smallest absolute Gasteiger partial charge is 0.328 e. The van der Waals surface area contributed by atoms with Gasteiger partial charge in [-0.1, -0.05) is 0 Å². The summed E-state index contributed by atoms with van der Waals surface area (Å²) < 4.78 is 30.7. The molecule has 0 radical (unpaired) electrons. The lowest BCUT2D eigenvalue weighted by atomic mass is 10.2. The molecule has 0 bridgehead atoms. The minimum absolute atomic E-state index is 0.00570. The minimum atomic E-state index is -2.71. The monoisotopic (exact) mass is 247 g/mol. The molecule has 2 N–H and O–H groups in total. The Morgan fingerprint density at radius 1 is 1.59 bits per heavy atom. The van der Waals surface area contributed by atoms with Crippen molar-refractivity contribution in [2.45, 2.75) is 39.3 Å². The number of rotatable bonds is 3. The summed E-state index contributed by atoms with van der Waals surface area (Å²) in [4.78, 5) is 11.4. The van der Waals surface area contributed by atoms with Gasteiger partial charge >= 0.3 is 5.97 Å². The molecule has 17 heavy (non-hydrogen) atoms. The molecule has 0 fully saturated rings. The van der Waals surface area contributed by atoms with Gasteiger partial charge in [0.05, 0.1) is 0 Å². The number of nitrogens with two attached hydrogens (primary N) is 1. The predicted molar refractivity (Wildman–Crippen MR) is 57.4 cm³/mol. The van der Waals surface area contributed by atoms with Gasteiger partial charge in [0.15, 0.2) is 0 Å². The van der Waals surface area contributed by atoms with Crippen LogP contribution in [0.5, 0.6) is 0 Å². The van der Waals surface area contributed by atoms with Gasteiger partial charge in [0.25, 0.3) is 6.43 Å². The van der Waals surface area contributed by atoms with Gasteiger partial charge in [-0.15, -0.1) is 0 Å². The first-order valence-electron chi connectivity index (χ1n) is 5.02. The third kappa shape index (κ3) is 4.01. The van der Waals surface area contributed by atoms with Crippen LogP contribution in [0.15, 0.2) is 6.07 Å². The highest BCUT2D eigenvalue weighted by molar-refractivity contribution is 5.70. The molecule has 1 aromatic rings. The summed E-state index contributed by atoms with van der Waals surface area (Å²) in [5.74, 6) is -0.570. The number of hydrogen-bond acceptors (Lipinski definition) is 4. The number of alkyl halides is 2. The van der Waals surface area contributed by atoms with Crippen LogP contribution in [-0.4, -0.2) is 21.4 Å². The van der Waals surface area contributed by atoms with E-state index in [1.807, 2.05) is 0 Å². The molecule has 0 atom stereocenters. The van der Waals surface area contributed by atoms with Gasteiger partial charge in [0.2, 0.25) is 0 Å². The molecule has 0 saturated carbocycles. The van der Waals surface area contributed by atoms with E-state index in [9.17, 15) is 13.6 Å². The second kappa shape index (κ2) is 4.68. The topological polar surface area (TPSA) is 70.1 Å². The number of carbonyl (C=O) groups is 1. The lowest BCUT2D eigenvalue weighted by Crippen LogP contribution is -2.27. The second-order valence-electron chi connectivity index (χ2n) is 4.54. The normalized spacial score (nSPS) is 11.9. The largest absolute Gasteiger partial charge is 0.459 e. The zero-order valence-electron chi connectivity index (χ0n) is 9.91. The van der Waals surface area contributed by atoms with Crippen LogP contribution in [0.1, 0.15) is 32.9 Å². The molecule has 0 saturated heterocycles. The van der Waals surface area contributed by atoms with E-state index in [4.69, 9.17) is 10.5 Å². The molecule has 1 rings (SSSR count). The summed E-state index contributed by atoms with van der Waals surface area (Å²) in [7, 11) is 0. The highest BCUT2D eigenvalue weighted by Crippen LogP contribution is 2.19. The lowest BCUT2D eigenvalue weighted by molar-refractivity contribution is -0.155. The zero-order chi connectivity index (χ0) is 13.2. The number of nitrogens with zero attached hydrogens (tertiary/aromatic N) is 2. The van der Waals surface area contributed by atoms with E-state index in [0.717, 1.165) is 10.7 Å². The number of esters is 1. The predicted octanol–water partition coefficient (Wildman–Crippen LogP) is 1.74. The first-order chi connectivity index (χ1) is 7.69. The van der Waals surface area contributed by atoms with Crippen molar-refractivity contribution >= 4 is 11.8 Å². The first kappa shape index (κ1) is 13.4. The maximum absolute atomic E-state index is 12.3. The van der Waals surface area contributed by atoms with E-state index >= 15 is 0 Å². The fourth-order valence-corrected chi connectivity index (χ4v) is 1.18. The Morgan fingerprint density at radius 2 is 2.18 bits per heavy atom. The maximum Gasteiger partial charge on any atom is 0.328 e. The van der Waals surface area contributed by atoms with Crippen LogP contribution < -0.4 is 5.73 Å². The van der Waals surface area contributed by atoms with Crippen molar-refractivity contribution in [1.29, 1.82) is 0 Å². The van der Waals surface area contributed by atoms with Gasteiger partial charge in [-0.2, -0.15) is 5.10 Å². The highest BCUT2D eigenvalue weighted by atomic mass is 19.3. The van der Waals surface area contributed by atoms with E-state index in [2.05, 4.69) is 5.10 Å². The average molecular weight is 247 g/mol. The van der Waals surface area contributed by atoms with Crippen LogP contribution in [0.2, 0.25) is 0 Å². The molecule has 0 aliphatic rings. The number of halogens is 2. The Balaban J connectivity index is 2.72. The van der Waals surface area contributed by atoms with Crippen molar-refractivity contribution in [3.05, 3.63) is 11.8 Å². The van der Waals surface area contributed by atoms with Gasteiger partial charge in [0.1, 0.15) is 23.7 Å². The summed E-state index contributed by atoms with van der Waals surface area (Å²) in [6, 6.07) is 1.04. The third-order valence-corrected chi connectivity index (χ3v) is 1.75. The van der Waals surface area contributed by atoms with E-state index in [-0.39, 0.29) is 12.4 Å². The zero-order valence-corrected chi connectivity index (χ0v) is 9.91. The third-order valence-electron chi connectivity index (χ3n) is 1.75. The fraction of sp³-hybridized carbons (Fsp3) is 0.600. The number of ether oxygens (including phenoxy) is 1. The highest BCUT2D eigenvalue weighted by Gasteiger charge is 2.19. The quantitative estimate of drug-likeness (QED) is 0.826. The second-order valence-corrected chi connectivity index (χ2v) is 4.54. The van der Waals surface area contributed by atoms with E-state index in [0.29, 0.717) is 0 Å². The molecule has 0 aliphatic carbocycles. The summed E-state index contributed by atoms with van der Waals surface area (Å²) in [6.07, 6.45) is -2.71. The van der Waals surface area contributed by atoms with Crippen LogP contribution >= 0.6 is 0 Å². The first-order valence-corrected chi connectivity index (χ1v) is 5.02. The maximum atomic E-state index is 12.3.